The van der Waals surface area contributed by atoms with E-state index in [0.717, 1.165) is 24.2 Å². The summed E-state index contributed by atoms with van der Waals surface area (Å²) in [6.45, 7) is 4.78. The molecule has 1 N–H and O–H groups in total. The number of carbonyl (C=O) groups excluding carboxylic acids is 2. The lowest BCUT2D eigenvalue weighted by atomic mass is 10.1. The number of nitrogens with one attached hydrogen (secondary N) is 1. The van der Waals surface area contributed by atoms with Crippen LogP contribution in [-0.4, -0.2) is 40.8 Å². The fourth-order valence-electron chi connectivity index (χ4n) is 2.60. The van der Waals surface area contributed by atoms with Gasteiger partial charge in [0, 0.05) is 36.8 Å². The van der Waals surface area contributed by atoms with Crippen LogP contribution in [0.1, 0.15) is 37.6 Å². The fraction of sp³-hybridized carbons (Fsp3) is 0.562. The summed E-state index contributed by atoms with van der Waals surface area (Å²) in [5.41, 5.74) is 1.95. The van der Waals surface area contributed by atoms with Gasteiger partial charge in [0.25, 0.3) is 0 Å². The number of piperidine rings is 1. The van der Waals surface area contributed by atoms with Gasteiger partial charge in [-0.15, -0.1) is 0 Å². The minimum Gasteiger partial charge on any atom is -0.352 e. The Kier molecular flexibility index (Phi) is 5.31. The molecule has 2 heterocycles. The number of aryl methyl sites for hydroxylation is 1. The Hall–Kier alpha value is -1.91. The Morgan fingerprint density at radius 2 is 2.24 bits per heavy atom. The van der Waals surface area contributed by atoms with Crippen molar-refractivity contribution in [3.63, 3.8) is 0 Å². The van der Waals surface area contributed by atoms with E-state index >= 15 is 0 Å². The van der Waals surface area contributed by atoms with E-state index in [1.807, 2.05) is 32.0 Å². The summed E-state index contributed by atoms with van der Waals surface area (Å²) in [5, 5.41) is 2.94. The van der Waals surface area contributed by atoms with E-state index in [2.05, 4.69) is 10.3 Å². The van der Waals surface area contributed by atoms with Gasteiger partial charge >= 0.3 is 0 Å². The maximum absolute atomic E-state index is 12.0. The standard InChI is InChI=1S/C16H23N3O2/c1-12-6-5-7-14(17-12)10-13(2)18-15(20)11-19-9-4-3-8-16(19)21/h5-7,13H,3-4,8-11H2,1-2H3,(H,18,20)/t13-/m0/s1. The smallest absolute Gasteiger partial charge is 0.239 e. The molecule has 0 aliphatic carbocycles. The summed E-state index contributed by atoms with van der Waals surface area (Å²) in [4.78, 5) is 29.8. The van der Waals surface area contributed by atoms with Gasteiger partial charge in [-0.05, 0) is 38.8 Å². The van der Waals surface area contributed by atoms with Crippen molar-refractivity contribution in [3.05, 3.63) is 29.6 Å². The van der Waals surface area contributed by atoms with E-state index in [1.54, 1.807) is 4.90 Å². The first kappa shape index (κ1) is 15.5. The zero-order chi connectivity index (χ0) is 15.2. The second-order valence-corrected chi connectivity index (χ2v) is 5.72. The molecule has 1 aliphatic rings. The molecular formula is C16H23N3O2. The monoisotopic (exact) mass is 289 g/mol. The highest BCUT2D eigenvalue weighted by molar-refractivity contribution is 5.85. The SMILES string of the molecule is Cc1cccc(C[C@H](C)NC(=O)CN2CCCCC2=O)n1. The average Bonchev–Trinajstić information content (AvgIpc) is 2.41. The molecule has 0 unspecified atom stereocenters. The van der Waals surface area contributed by atoms with Crippen LogP contribution < -0.4 is 5.32 Å². The quantitative estimate of drug-likeness (QED) is 0.892. The third-order valence-electron chi connectivity index (χ3n) is 3.62. The second kappa shape index (κ2) is 7.20. The van der Waals surface area contributed by atoms with Crippen LogP contribution >= 0.6 is 0 Å². The largest absolute Gasteiger partial charge is 0.352 e. The molecule has 0 spiro atoms. The Morgan fingerprint density at radius 1 is 1.43 bits per heavy atom. The summed E-state index contributed by atoms with van der Waals surface area (Å²) in [7, 11) is 0. The Labute approximate surface area is 125 Å². The molecular weight excluding hydrogens is 266 g/mol. The van der Waals surface area contributed by atoms with Crippen LogP contribution in [0.25, 0.3) is 0 Å². The predicted octanol–water partition coefficient (Wildman–Crippen LogP) is 1.45. The molecule has 1 aliphatic heterocycles. The van der Waals surface area contributed by atoms with Gasteiger partial charge in [-0.2, -0.15) is 0 Å². The highest BCUT2D eigenvalue weighted by atomic mass is 16.2. The molecule has 0 radical (unpaired) electrons. The summed E-state index contributed by atoms with van der Waals surface area (Å²) >= 11 is 0. The molecule has 1 fully saturated rings. The number of aromatic nitrogens is 1. The van der Waals surface area contributed by atoms with Gasteiger partial charge in [0.15, 0.2) is 0 Å². The van der Waals surface area contributed by atoms with Crippen molar-refractivity contribution in [2.45, 2.75) is 45.6 Å². The van der Waals surface area contributed by atoms with E-state index in [-0.39, 0.29) is 24.4 Å². The van der Waals surface area contributed by atoms with Gasteiger partial charge in [-0.1, -0.05) is 6.07 Å². The first-order chi connectivity index (χ1) is 10.0. The van der Waals surface area contributed by atoms with Crippen molar-refractivity contribution in [1.29, 1.82) is 0 Å². The number of likely N-dealkylation sites (tertiary alicyclic amines) is 1. The van der Waals surface area contributed by atoms with Crippen LogP contribution in [0.15, 0.2) is 18.2 Å². The van der Waals surface area contributed by atoms with E-state index in [4.69, 9.17) is 0 Å². The molecule has 1 saturated heterocycles. The maximum atomic E-state index is 12.0. The van der Waals surface area contributed by atoms with Gasteiger partial charge in [-0.25, -0.2) is 0 Å². The predicted molar refractivity (Wildman–Crippen MR) is 80.7 cm³/mol. The van der Waals surface area contributed by atoms with Gasteiger partial charge in [-0.3, -0.25) is 14.6 Å². The highest BCUT2D eigenvalue weighted by Crippen LogP contribution is 2.09. The third kappa shape index (κ3) is 4.85. The number of hydrogen-bond donors (Lipinski definition) is 1. The number of nitrogens with zero attached hydrogens (tertiary/aromatic N) is 2. The summed E-state index contributed by atoms with van der Waals surface area (Å²) in [5.74, 6) is -0.00481. The van der Waals surface area contributed by atoms with E-state index < -0.39 is 0 Å². The lowest BCUT2D eigenvalue weighted by Gasteiger charge is -2.26. The van der Waals surface area contributed by atoms with Crippen molar-refractivity contribution in [1.82, 2.24) is 15.2 Å². The van der Waals surface area contributed by atoms with E-state index in [0.29, 0.717) is 19.4 Å². The molecule has 2 amide bonds. The van der Waals surface area contributed by atoms with Crippen LogP contribution in [-0.2, 0) is 16.0 Å². The van der Waals surface area contributed by atoms with Gasteiger partial charge in [0.2, 0.25) is 11.8 Å². The van der Waals surface area contributed by atoms with Crippen LogP contribution in [0.4, 0.5) is 0 Å². The Morgan fingerprint density at radius 3 is 2.95 bits per heavy atom. The van der Waals surface area contributed by atoms with Crippen molar-refractivity contribution in [2.24, 2.45) is 0 Å². The molecule has 0 saturated carbocycles. The number of carbonyl (C=O) groups is 2. The number of rotatable bonds is 5. The number of pyridine rings is 1. The van der Waals surface area contributed by atoms with Gasteiger partial charge < -0.3 is 10.2 Å². The molecule has 114 valence electrons. The second-order valence-electron chi connectivity index (χ2n) is 5.72. The highest BCUT2D eigenvalue weighted by Gasteiger charge is 2.21. The summed E-state index contributed by atoms with van der Waals surface area (Å²) < 4.78 is 0. The van der Waals surface area contributed by atoms with Crippen molar-refractivity contribution in [3.8, 4) is 0 Å². The van der Waals surface area contributed by atoms with Gasteiger partial charge in [0.05, 0.1) is 6.54 Å². The van der Waals surface area contributed by atoms with Crippen molar-refractivity contribution >= 4 is 11.8 Å². The molecule has 5 heteroatoms. The topological polar surface area (TPSA) is 62.3 Å². The molecule has 1 atom stereocenters. The molecule has 1 aromatic heterocycles. The van der Waals surface area contributed by atoms with Gasteiger partial charge in [0.1, 0.15) is 0 Å². The molecule has 2 rings (SSSR count). The maximum Gasteiger partial charge on any atom is 0.239 e. The van der Waals surface area contributed by atoms with Crippen LogP contribution in [0.2, 0.25) is 0 Å². The number of hydrogen-bond acceptors (Lipinski definition) is 3. The Bertz CT molecular complexity index is 516. The van der Waals surface area contributed by atoms with Crippen LogP contribution in [0, 0.1) is 6.92 Å². The average molecular weight is 289 g/mol. The van der Waals surface area contributed by atoms with Crippen LogP contribution in [0.5, 0.6) is 0 Å². The fourth-order valence-corrected chi connectivity index (χ4v) is 2.60. The molecule has 1 aromatic rings. The Balaban J connectivity index is 1.80. The lowest BCUT2D eigenvalue weighted by Crippen LogP contribution is -2.45. The minimum atomic E-state index is -0.0922. The first-order valence-corrected chi connectivity index (χ1v) is 7.54. The minimum absolute atomic E-state index is 0.00620. The van der Waals surface area contributed by atoms with E-state index in [1.165, 1.54) is 0 Å². The third-order valence-corrected chi connectivity index (χ3v) is 3.62. The lowest BCUT2D eigenvalue weighted by molar-refractivity contribution is -0.138. The van der Waals surface area contributed by atoms with Crippen molar-refractivity contribution < 1.29 is 9.59 Å². The number of amides is 2. The normalized spacial score (nSPS) is 16.7. The zero-order valence-corrected chi connectivity index (χ0v) is 12.8. The molecule has 5 nitrogen and oxygen atoms in total. The molecule has 0 bridgehead atoms. The molecule has 0 aromatic carbocycles. The van der Waals surface area contributed by atoms with E-state index in [9.17, 15) is 9.59 Å². The van der Waals surface area contributed by atoms with Crippen molar-refractivity contribution in [2.75, 3.05) is 13.1 Å². The summed E-state index contributed by atoms with van der Waals surface area (Å²) in [6, 6.07) is 5.89. The zero-order valence-electron chi connectivity index (χ0n) is 12.8. The van der Waals surface area contributed by atoms with Crippen LogP contribution in [0.3, 0.4) is 0 Å². The first-order valence-electron chi connectivity index (χ1n) is 7.54. The summed E-state index contributed by atoms with van der Waals surface area (Å²) in [6.07, 6.45) is 3.19. The molecule has 21 heavy (non-hydrogen) atoms.